The first-order valence-electron chi connectivity index (χ1n) is 9.84. The number of nitrogens with zero attached hydrogens (tertiary/aromatic N) is 2. The molecule has 0 radical (unpaired) electrons. The second-order valence-corrected chi connectivity index (χ2v) is 7.40. The molecule has 0 bridgehead atoms. The van der Waals surface area contributed by atoms with Gasteiger partial charge < -0.3 is 10.1 Å². The Morgan fingerprint density at radius 2 is 1.63 bits per heavy atom. The predicted molar refractivity (Wildman–Crippen MR) is 109 cm³/mol. The van der Waals surface area contributed by atoms with Gasteiger partial charge in [0.25, 0.3) is 0 Å². The number of benzene rings is 2. The van der Waals surface area contributed by atoms with Crippen molar-refractivity contribution in [3.05, 3.63) is 59.7 Å². The van der Waals surface area contributed by atoms with Gasteiger partial charge in [-0.2, -0.15) is 13.2 Å². The monoisotopic (exact) mass is 421 g/mol. The summed E-state index contributed by atoms with van der Waals surface area (Å²) in [5, 5.41) is 2.92. The van der Waals surface area contributed by atoms with Crippen molar-refractivity contribution in [3.63, 3.8) is 0 Å². The van der Waals surface area contributed by atoms with Crippen LogP contribution < -0.4 is 10.1 Å². The van der Waals surface area contributed by atoms with E-state index in [2.05, 4.69) is 15.1 Å². The summed E-state index contributed by atoms with van der Waals surface area (Å²) < 4.78 is 43.2. The lowest BCUT2D eigenvalue weighted by Crippen LogP contribution is -2.52. The fourth-order valence-electron chi connectivity index (χ4n) is 3.45. The lowest BCUT2D eigenvalue weighted by Gasteiger charge is -2.37. The van der Waals surface area contributed by atoms with Gasteiger partial charge in [-0.1, -0.05) is 12.1 Å². The van der Waals surface area contributed by atoms with E-state index in [0.29, 0.717) is 12.2 Å². The third kappa shape index (κ3) is 5.73. The number of rotatable bonds is 6. The summed E-state index contributed by atoms with van der Waals surface area (Å²) in [5.41, 5.74) is 0.933. The van der Waals surface area contributed by atoms with Crippen LogP contribution in [-0.4, -0.2) is 55.0 Å². The van der Waals surface area contributed by atoms with Gasteiger partial charge in [-0.3, -0.25) is 14.6 Å². The van der Waals surface area contributed by atoms with Crippen molar-refractivity contribution in [3.8, 4) is 5.75 Å². The van der Waals surface area contributed by atoms with Crippen LogP contribution in [0.1, 0.15) is 18.1 Å². The molecule has 0 spiro atoms. The molecule has 1 amide bonds. The summed E-state index contributed by atoms with van der Waals surface area (Å²) in [4.78, 5) is 16.9. The Morgan fingerprint density at radius 3 is 2.17 bits per heavy atom. The molecule has 1 heterocycles. The van der Waals surface area contributed by atoms with Gasteiger partial charge in [0.1, 0.15) is 5.75 Å². The molecule has 0 aliphatic carbocycles. The molecule has 3 rings (SSSR count). The molecule has 1 saturated heterocycles. The first kappa shape index (κ1) is 22.1. The number of halogens is 3. The molecular formula is C22H26F3N3O2. The number of ether oxygens (including phenoxy) is 1. The number of carbonyl (C=O) groups excluding carboxylic acids is 1. The summed E-state index contributed by atoms with van der Waals surface area (Å²) in [6.45, 7) is 5.42. The third-order valence-corrected chi connectivity index (χ3v) is 5.38. The summed E-state index contributed by atoms with van der Waals surface area (Å²) in [7, 11) is 1.59. The van der Waals surface area contributed by atoms with E-state index in [1.165, 1.54) is 12.1 Å². The Bertz CT molecular complexity index is 830. The lowest BCUT2D eigenvalue weighted by atomic mass is 10.1. The van der Waals surface area contributed by atoms with Gasteiger partial charge in [0.15, 0.2) is 0 Å². The van der Waals surface area contributed by atoms with Crippen molar-refractivity contribution < 1.29 is 22.7 Å². The minimum Gasteiger partial charge on any atom is -0.497 e. The maximum absolute atomic E-state index is 12.7. The topological polar surface area (TPSA) is 44.8 Å². The number of nitrogens with one attached hydrogen (secondary N) is 1. The molecule has 1 unspecified atom stereocenters. The number of alkyl halides is 3. The van der Waals surface area contributed by atoms with Gasteiger partial charge >= 0.3 is 6.18 Å². The number of hydrogen-bond donors (Lipinski definition) is 1. The highest BCUT2D eigenvalue weighted by Crippen LogP contribution is 2.29. The highest BCUT2D eigenvalue weighted by atomic mass is 19.4. The molecule has 0 saturated carbocycles. The average molecular weight is 421 g/mol. The van der Waals surface area contributed by atoms with Gasteiger partial charge in [0, 0.05) is 38.4 Å². The summed E-state index contributed by atoms with van der Waals surface area (Å²) in [5.74, 6) is 0.654. The fourth-order valence-corrected chi connectivity index (χ4v) is 3.45. The molecule has 30 heavy (non-hydrogen) atoms. The molecule has 1 atom stereocenters. The van der Waals surface area contributed by atoms with Crippen molar-refractivity contribution in [1.82, 2.24) is 9.80 Å². The van der Waals surface area contributed by atoms with E-state index in [4.69, 9.17) is 4.74 Å². The molecule has 1 N–H and O–H groups in total. The molecule has 162 valence electrons. The highest BCUT2D eigenvalue weighted by molar-refractivity contribution is 5.94. The average Bonchev–Trinajstić information content (AvgIpc) is 2.74. The maximum atomic E-state index is 12.7. The minimum atomic E-state index is -4.31. The van der Waals surface area contributed by atoms with Crippen LogP contribution in [-0.2, 0) is 17.5 Å². The Hall–Kier alpha value is -2.58. The van der Waals surface area contributed by atoms with Gasteiger partial charge in [-0.15, -0.1) is 0 Å². The number of methoxy groups -OCH3 is 1. The van der Waals surface area contributed by atoms with E-state index in [9.17, 15) is 18.0 Å². The molecule has 1 fully saturated rings. The predicted octanol–water partition coefficient (Wildman–Crippen LogP) is 3.86. The molecule has 5 nitrogen and oxygen atoms in total. The van der Waals surface area contributed by atoms with E-state index >= 15 is 0 Å². The number of carbonyl (C=O) groups is 1. The smallest absolute Gasteiger partial charge is 0.416 e. The van der Waals surface area contributed by atoms with Gasteiger partial charge in [-0.05, 0) is 48.9 Å². The second-order valence-electron chi connectivity index (χ2n) is 7.40. The molecule has 0 aromatic heterocycles. The van der Waals surface area contributed by atoms with Crippen LogP contribution in [0.15, 0.2) is 48.5 Å². The Labute approximate surface area is 174 Å². The van der Waals surface area contributed by atoms with Crippen molar-refractivity contribution in [2.45, 2.75) is 25.7 Å². The first-order valence-corrected chi connectivity index (χ1v) is 9.84. The van der Waals surface area contributed by atoms with Crippen LogP contribution >= 0.6 is 0 Å². The zero-order chi connectivity index (χ0) is 21.7. The quantitative estimate of drug-likeness (QED) is 0.770. The van der Waals surface area contributed by atoms with E-state index in [1.54, 1.807) is 31.4 Å². The summed E-state index contributed by atoms with van der Waals surface area (Å²) in [6, 6.07) is 12.2. The number of anilines is 1. The van der Waals surface area contributed by atoms with Gasteiger partial charge in [-0.25, -0.2) is 0 Å². The molecule has 1 aliphatic rings. The zero-order valence-electron chi connectivity index (χ0n) is 17.1. The van der Waals surface area contributed by atoms with Crippen molar-refractivity contribution in [2.24, 2.45) is 0 Å². The van der Waals surface area contributed by atoms with E-state index in [0.717, 1.165) is 49.6 Å². The van der Waals surface area contributed by atoms with Crippen molar-refractivity contribution in [2.75, 3.05) is 38.6 Å². The van der Waals surface area contributed by atoms with E-state index in [-0.39, 0.29) is 11.9 Å². The van der Waals surface area contributed by atoms with Crippen LogP contribution in [0.4, 0.5) is 18.9 Å². The van der Waals surface area contributed by atoms with Crippen molar-refractivity contribution >= 4 is 11.6 Å². The largest absolute Gasteiger partial charge is 0.497 e. The molecule has 2 aromatic rings. The third-order valence-electron chi connectivity index (χ3n) is 5.38. The molecule has 2 aromatic carbocycles. The number of hydrogen-bond acceptors (Lipinski definition) is 4. The maximum Gasteiger partial charge on any atom is 0.416 e. The van der Waals surface area contributed by atoms with Crippen LogP contribution in [0.2, 0.25) is 0 Å². The number of amides is 1. The Morgan fingerprint density at radius 1 is 1.03 bits per heavy atom. The Kier molecular flexibility index (Phi) is 6.99. The molecular weight excluding hydrogens is 395 g/mol. The zero-order valence-corrected chi connectivity index (χ0v) is 17.1. The number of piperazine rings is 1. The molecule has 1 aliphatic heterocycles. The fraction of sp³-hybridized carbons (Fsp3) is 0.409. The SMILES string of the molecule is COc1ccc(NC(=O)C(C)N2CCN(Cc3ccc(C(F)(F)F)cc3)CC2)cc1. The van der Waals surface area contributed by atoms with Crippen LogP contribution in [0.3, 0.4) is 0 Å². The Balaban J connectivity index is 1.47. The normalized spacial score (nSPS) is 16.8. The van der Waals surface area contributed by atoms with Crippen molar-refractivity contribution in [1.29, 1.82) is 0 Å². The van der Waals surface area contributed by atoms with E-state index < -0.39 is 11.7 Å². The van der Waals surface area contributed by atoms with Gasteiger partial charge in [0.2, 0.25) is 5.91 Å². The standard InChI is InChI=1S/C22H26F3N3O2/c1-16(21(29)26-19-7-9-20(30-2)10-8-19)28-13-11-27(12-14-28)15-17-3-5-18(6-4-17)22(23,24)25/h3-10,16H,11-15H2,1-2H3,(H,26,29). The second kappa shape index (κ2) is 9.49. The van der Waals surface area contributed by atoms with Gasteiger partial charge in [0.05, 0.1) is 18.7 Å². The van der Waals surface area contributed by atoms with Crippen LogP contribution in [0, 0.1) is 0 Å². The van der Waals surface area contributed by atoms with Crippen LogP contribution in [0.5, 0.6) is 5.75 Å². The highest BCUT2D eigenvalue weighted by Gasteiger charge is 2.30. The van der Waals surface area contributed by atoms with Crippen LogP contribution in [0.25, 0.3) is 0 Å². The molecule has 8 heteroatoms. The summed E-state index contributed by atoms with van der Waals surface area (Å²) in [6.07, 6.45) is -4.31. The first-order chi connectivity index (χ1) is 14.3. The lowest BCUT2D eigenvalue weighted by molar-refractivity contribution is -0.137. The van der Waals surface area contributed by atoms with E-state index in [1.807, 2.05) is 6.92 Å². The minimum absolute atomic E-state index is 0.0728. The summed E-state index contributed by atoms with van der Waals surface area (Å²) >= 11 is 0.